The van der Waals surface area contributed by atoms with Crippen LogP contribution in [0.25, 0.3) is 22.4 Å². The molecule has 2 heterocycles. The van der Waals surface area contributed by atoms with E-state index in [0.29, 0.717) is 19.7 Å². The van der Waals surface area contributed by atoms with Gasteiger partial charge in [-0.3, -0.25) is 9.48 Å². The molecule has 0 saturated heterocycles. The lowest BCUT2D eigenvalue weighted by atomic mass is 10.2. The number of nitrogens with one attached hydrogen (secondary N) is 1. The van der Waals surface area contributed by atoms with Crippen molar-refractivity contribution in [1.29, 1.82) is 0 Å². The second kappa shape index (κ2) is 6.75. The monoisotopic (exact) mass is 438 g/mol. The van der Waals surface area contributed by atoms with Crippen LogP contribution in [0.15, 0.2) is 27.5 Å². The fraction of sp³-hybridized carbons (Fsp3) is 0.214. The van der Waals surface area contributed by atoms with Crippen LogP contribution in [0.1, 0.15) is 12.1 Å². The minimum Gasteiger partial charge on any atom is -0.337 e. The van der Waals surface area contributed by atoms with Crippen LogP contribution in [0.5, 0.6) is 0 Å². The predicted octanol–water partition coefficient (Wildman–Crippen LogP) is 4.41. The average Bonchev–Trinajstić information content (AvgIpc) is 2.91. The highest BCUT2D eigenvalue weighted by Gasteiger charge is 2.21. The summed E-state index contributed by atoms with van der Waals surface area (Å²) in [5, 5.41) is 3.92. The zero-order chi connectivity index (χ0) is 18.3. The maximum Gasteiger partial charge on any atom is 0.282 e. The van der Waals surface area contributed by atoms with E-state index in [1.165, 1.54) is 12.1 Å². The Bertz CT molecular complexity index is 1000. The van der Waals surface area contributed by atoms with Crippen LogP contribution < -0.4 is 5.56 Å². The topological polar surface area (TPSA) is 63.6 Å². The zero-order valence-corrected chi connectivity index (χ0v) is 14.5. The highest BCUT2D eigenvalue weighted by atomic mass is 79.9. The van der Waals surface area contributed by atoms with Gasteiger partial charge in [-0.2, -0.15) is 10.1 Å². The quantitative estimate of drug-likeness (QED) is 0.613. The van der Waals surface area contributed by atoms with Crippen molar-refractivity contribution in [1.82, 2.24) is 19.7 Å². The number of hydrogen-bond donors (Lipinski definition) is 1. The van der Waals surface area contributed by atoms with E-state index in [1.54, 1.807) is 0 Å². The standard InChI is InChI=1S/C14H8BrClF4N4O/c15-7-2-5(16)1-6-11(7)21-13(22-14(6)25)9-3-8(12(19)20)23-24(9)4-10(17)18/h1-3,10,12H,4H2,(H,21,22,25). The van der Waals surface area contributed by atoms with Crippen molar-refractivity contribution in [3.05, 3.63) is 43.7 Å². The van der Waals surface area contributed by atoms with Gasteiger partial charge in [0.05, 0.1) is 10.9 Å². The number of hydrogen-bond acceptors (Lipinski definition) is 3. The van der Waals surface area contributed by atoms with Crippen molar-refractivity contribution >= 4 is 38.4 Å². The molecule has 3 aromatic rings. The molecule has 0 aliphatic heterocycles. The molecule has 3 rings (SSSR count). The van der Waals surface area contributed by atoms with E-state index in [9.17, 15) is 22.4 Å². The van der Waals surface area contributed by atoms with Gasteiger partial charge in [0.15, 0.2) is 5.82 Å². The smallest absolute Gasteiger partial charge is 0.282 e. The second-order valence-corrected chi connectivity index (χ2v) is 6.32. The summed E-state index contributed by atoms with van der Waals surface area (Å²) in [6, 6.07) is 3.82. The van der Waals surface area contributed by atoms with E-state index in [0.717, 1.165) is 6.07 Å². The highest BCUT2D eigenvalue weighted by Crippen LogP contribution is 2.28. The Morgan fingerprint density at radius 1 is 1.24 bits per heavy atom. The fourth-order valence-corrected chi connectivity index (χ4v) is 3.21. The Labute approximate surface area is 150 Å². The van der Waals surface area contributed by atoms with Crippen molar-refractivity contribution in [2.45, 2.75) is 19.4 Å². The van der Waals surface area contributed by atoms with Crippen molar-refractivity contribution in [3.63, 3.8) is 0 Å². The molecule has 0 spiro atoms. The molecule has 0 unspecified atom stereocenters. The van der Waals surface area contributed by atoms with E-state index in [4.69, 9.17) is 11.6 Å². The number of aromatic nitrogens is 4. The summed E-state index contributed by atoms with van der Waals surface area (Å²) in [5.74, 6) is -0.152. The number of aromatic amines is 1. The Morgan fingerprint density at radius 3 is 2.60 bits per heavy atom. The lowest BCUT2D eigenvalue weighted by Gasteiger charge is -2.08. The summed E-state index contributed by atoms with van der Waals surface area (Å²) in [4.78, 5) is 18.7. The van der Waals surface area contributed by atoms with Crippen LogP contribution in [0.3, 0.4) is 0 Å². The molecule has 132 valence electrons. The minimum atomic E-state index is -2.95. The number of rotatable bonds is 4. The highest BCUT2D eigenvalue weighted by molar-refractivity contribution is 9.10. The van der Waals surface area contributed by atoms with Crippen LogP contribution in [0.2, 0.25) is 5.02 Å². The number of H-pyrrole nitrogens is 1. The van der Waals surface area contributed by atoms with E-state index >= 15 is 0 Å². The van der Waals surface area contributed by atoms with Gasteiger partial charge in [-0.15, -0.1) is 0 Å². The Hall–Kier alpha value is -1.94. The number of alkyl halides is 4. The summed E-state index contributed by atoms with van der Waals surface area (Å²) in [5.41, 5.74) is -1.21. The molecule has 0 radical (unpaired) electrons. The molecule has 0 atom stereocenters. The first-order valence-electron chi connectivity index (χ1n) is 6.79. The first-order valence-corrected chi connectivity index (χ1v) is 7.97. The van der Waals surface area contributed by atoms with Gasteiger partial charge in [0.1, 0.15) is 17.9 Å². The molecule has 2 aromatic heterocycles. The first kappa shape index (κ1) is 17.9. The van der Waals surface area contributed by atoms with Crippen LogP contribution in [0.4, 0.5) is 17.6 Å². The van der Waals surface area contributed by atoms with Crippen molar-refractivity contribution in [3.8, 4) is 11.5 Å². The lowest BCUT2D eigenvalue weighted by molar-refractivity contribution is 0.118. The lowest BCUT2D eigenvalue weighted by Crippen LogP contribution is -2.14. The summed E-state index contributed by atoms with van der Waals surface area (Å²) in [6.07, 6.45) is -5.77. The van der Waals surface area contributed by atoms with Gasteiger partial charge in [0.25, 0.3) is 18.4 Å². The number of benzene rings is 1. The maximum absolute atomic E-state index is 12.9. The van der Waals surface area contributed by atoms with Gasteiger partial charge in [0, 0.05) is 9.50 Å². The molecule has 25 heavy (non-hydrogen) atoms. The third kappa shape index (κ3) is 3.54. The molecule has 0 bridgehead atoms. The largest absolute Gasteiger partial charge is 0.337 e. The maximum atomic E-state index is 12.9. The molecule has 0 fully saturated rings. The van der Waals surface area contributed by atoms with Crippen molar-refractivity contribution < 1.29 is 17.6 Å². The van der Waals surface area contributed by atoms with Crippen LogP contribution in [-0.4, -0.2) is 26.2 Å². The normalized spacial score (nSPS) is 11.8. The minimum absolute atomic E-state index is 0.142. The second-order valence-electron chi connectivity index (χ2n) is 5.03. The fourth-order valence-electron chi connectivity index (χ4n) is 2.30. The van der Waals surface area contributed by atoms with Crippen LogP contribution in [-0.2, 0) is 6.54 Å². The number of halogens is 6. The van der Waals surface area contributed by atoms with E-state index in [-0.39, 0.29) is 16.9 Å². The number of fused-ring (bicyclic) bond motifs is 1. The zero-order valence-electron chi connectivity index (χ0n) is 12.1. The first-order chi connectivity index (χ1) is 11.8. The van der Waals surface area contributed by atoms with Crippen LogP contribution in [0, 0.1) is 0 Å². The average molecular weight is 440 g/mol. The molecule has 1 N–H and O–H groups in total. The molecule has 0 aliphatic rings. The van der Waals surface area contributed by atoms with Crippen molar-refractivity contribution in [2.75, 3.05) is 0 Å². The van der Waals surface area contributed by atoms with Gasteiger partial charge in [-0.1, -0.05) is 11.6 Å². The third-order valence-corrected chi connectivity index (χ3v) is 4.16. The van der Waals surface area contributed by atoms with Gasteiger partial charge in [-0.25, -0.2) is 17.6 Å². The molecule has 0 amide bonds. The Morgan fingerprint density at radius 2 is 1.96 bits per heavy atom. The number of nitrogens with zero attached hydrogens (tertiary/aromatic N) is 3. The molecule has 0 aliphatic carbocycles. The van der Waals surface area contributed by atoms with E-state index < -0.39 is 30.6 Å². The molecule has 5 nitrogen and oxygen atoms in total. The van der Waals surface area contributed by atoms with Gasteiger partial charge in [0.2, 0.25) is 0 Å². The third-order valence-electron chi connectivity index (χ3n) is 3.32. The Balaban J connectivity index is 2.24. The molecular formula is C14H8BrClF4N4O. The summed E-state index contributed by atoms with van der Waals surface area (Å²) >= 11 is 9.11. The SMILES string of the molecule is O=c1nc(-c2cc(C(F)F)nn2CC(F)F)[nH]c2c(Br)cc(Cl)cc12. The summed E-state index contributed by atoms with van der Waals surface area (Å²) in [7, 11) is 0. The Kier molecular flexibility index (Phi) is 4.83. The molecular weight excluding hydrogens is 432 g/mol. The molecule has 1 aromatic carbocycles. The predicted molar refractivity (Wildman–Crippen MR) is 87.3 cm³/mol. The molecule has 11 heteroatoms. The van der Waals surface area contributed by atoms with Gasteiger partial charge < -0.3 is 4.98 Å². The van der Waals surface area contributed by atoms with E-state index in [1.807, 2.05) is 0 Å². The summed E-state index contributed by atoms with van der Waals surface area (Å²) in [6.45, 7) is -0.911. The van der Waals surface area contributed by atoms with Crippen LogP contribution >= 0.6 is 27.5 Å². The van der Waals surface area contributed by atoms with Gasteiger partial charge in [-0.05, 0) is 34.1 Å². The summed E-state index contributed by atoms with van der Waals surface area (Å²) < 4.78 is 52.3. The van der Waals surface area contributed by atoms with Crippen molar-refractivity contribution in [2.24, 2.45) is 0 Å². The van der Waals surface area contributed by atoms with Gasteiger partial charge >= 0.3 is 0 Å². The van der Waals surface area contributed by atoms with E-state index in [2.05, 4.69) is 31.0 Å². The molecule has 0 saturated carbocycles.